The number of thiazole rings is 1. The number of carbonyl (C=O) groups excluding carboxylic acids is 2. The summed E-state index contributed by atoms with van der Waals surface area (Å²) in [6.07, 6.45) is 0.615. The van der Waals surface area contributed by atoms with Crippen LogP contribution in [0.4, 0.5) is 5.13 Å². The standard InChI is InChI=1S/C17H21N3O4S2/c1-10(2)6-13(16(23)24)19-14(21)7-11-9-26-17(18-11)20-15(22)8-12-4-3-5-25-12/h3-5,9-10,13H,6-8H2,1-2H3,(H,19,21)(H,23,24)(H,18,20,22). The Kier molecular flexibility index (Phi) is 7.28. The molecular weight excluding hydrogens is 374 g/mol. The second-order valence-corrected chi connectivity index (χ2v) is 8.10. The van der Waals surface area contributed by atoms with E-state index in [2.05, 4.69) is 15.6 Å². The first-order valence-electron chi connectivity index (χ1n) is 8.12. The molecule has 0 saturated carbocycles. The topological polar surface area (TPSA) is 108 Å². The zero-order chi connectivity index (χ0) is 19.1. The molecular formula is C17H21N3O4S2. The zero-order valence-electron chi connectivity index (χ0n) is 14.5. The van der Waals surface area contributed by atoms with Crippen molar-refractivity contribution in [2.24, 2.45) is 5.92 Å². The zero-order valence-corrected chi connectivity index (χ0v) is 16.2. The largest absolute Gasteiger partial charge is 0.480 e. The van der Waals surface area contributed by atoms with Crippen molar-refractivity contribution in [2.45, 2.75) is 39.2 Å². The summed E-state index contributed by atoms with van der Waals surface area (Å²) >= 11 is 2.74. The third kappa shape index (κ3) is 6.57. The lowest BCUT2D eigenvalue weighted by Gasteiger charge is -2.16. The highest BCUT2D eigenvalue weighted by atomic mass is 32.1. The van der Waals surface area contributed by atoms with Gasteiger partial charge in [0.15, 0.2) is 5.13 Å². The van der Waals surface area contributed by atoms with Gasteiger partial charge in [0.05, 0.1) is 18.5 Å². The van der Waals surface area contributed by atoms with E-state index in [1.165, 1.54) is 22.7 Å². The lowest BCUT2D eigenvalue weighted by Crippen LogP contribution is -2.42. The van der Waals surface area contributed by atoms with Crippen LogP contribution in [0.3, 0.4) is 0 Å². The summed E-state index contributed by atoms with van der Waals surface area (Å²) in [6, 6.07) is 2.86. The Morgan fingerprint density at radius 1 is 1.19 bits per heavy atom. The Balaban J connectivity index is 1.85. The van der Waals surface area contributed by atoms with E-state index in [0.29, 0.717) is 17.2 Å². The van der Waals surface area contributed by atoms with E-state index < -0.39 is 17.9 Å². The number of nitrogens with one attached hydrogen (secondary N) is 2. The Labute approximate surface area is 159 Å². The van der Waals surface area contributed by atoms with Crippen LogP contribution in [0.2, 0.25) is 0 Å². The Morgan fingerprint density at radius 3 is 2.58 bits per heavy atom. The fraction of sp³-hybridized carbons (Fsp3) is 0.412. The molecule has 9 heteroatoms. The lowest BCUT2D eigenvalue weighted by atomic mass is 10.0. The van der Waals surface area contributed by atoms with Gasteiger partial charge in [0, 0.05) is 10.3 Å². The SMILES string of the molecule is CC(C)CC(NC(=O)Cc1csc(NC(=O)Cc2cccs2)n1)C(=O)O. The number of rotatable bonds is 9. The molecule has 0 aliphatic heterocycles. The summed E-state index contributed by atoms with van der Waals surface area (Å²) in [5.74, 6) is -1.46. The van der Waals surface area contributed by atoms with Crippen molar-refractivity contribution in [1.82, 2.24) is 10.3 Å². The number of carboxylic acids is 1. The highest BCUT2D eigenvalue weighted by Crippen LogP contribution is 2.17. The number of nitrogens with zero attached hydrogens (tertiary/aromatic N) is 1. The van der Waals surface area contributed by atoms with Crippen molar-refractivity contribution >= 4 is 45.6 Å². The molecule has 140 valence electrons. The molecule has 7 nitrogen and oxygen atoms in total. The van der Waals surface area contributed by atoms with Crippen molar-refractivity contribution < 1.29 is 19.5 Å². The second-order valence-electron chi connectivity index (χ2n) is 6.21. The minimum atomic E-state index is -1.05. The first-order chi connectivity index (χ1) is 12.3. The van der Waals surface area contributed by atoms with Crippen molar-refractivity contribution in [1.29, 1.82) is 0 Å². The van der Waals surface area contributed by atoms with Crippen LogP contribution in [0, 0.1) is 5.92 Å². The number of thiophene rings is 1. The molecule has 2 aromatic heterocycles. The van der Waals surface area contributed by atoms with E-state index in [-0.39, 0.29) is 24.7 Å². The smallest absolute Gasteiger partial charge is 0.326 e. The van der Waals surface area contributed by atoms with Gasteiger partial charge in [-0.3, -0.25) is 9.59 Å². The maximum Gasteiger partial charge on any atom is 0.326 e. The van der Waals surface area contributed by atoms with Crippen LogP contribution in [0.15, 0.2) is 22.9 Å². The first kappa shape index (κ1) is 20.1. The number of carbonyl (C=O) groups is 3. The molecule has 3 N–H and O–H groups in total. The van der Waals surface area contributed by atoms with Gasteiger partial charge in [-0.25, -0.2) is 9.78 Å². The van der Waals surface area contributed by atoms with Crippen LogP contribution in [-0.2, 0) is 27.2 Å². The van der Waals surface area contributed by atoms with Gasteiger partial charge < -0.3 is 15.7 Å². The lowest BCUT2D eigenvalue weighted by molar-refractivity contribution is -0.142. The molecule has 2 rings (SSSR count). The molecule has 0 saturated heterocycles. The number of amides is 2. The average molecular weight is 396 g/mol. The van der Waals surface area contributed by atoms with Gasteiger partial charge in [0.2, 0.25) is 11.8 Å². The van der Waals surface area contributed by atoms with Crippen LogP contribution in [-0.4, -0.2) is 33.9 Å². The summed E-state index contributed by atoms with van der Waals surface area (Å²) in [5, 5.41) is 18.4. The molecule has 0 spiro atoms. The second kappa shape index (κ2) is 9.44. The highest BCUT2D eigenvalue weighted by Gasteiger charge is 2.21. The molecule has 2 heterocycles. The molecule has 0 radical (unpaired) electrons. The van der Waals surface area contributed by atoms with E-state index in [0.717, 1.165) is 4.88 Å². The number of aromatic nitrogens is 1. The molecule has 0 aromatic carbocycles. The van der Waals surface area contributed by atoms with Crippen LogP contribution in [0.5, 0.6) is 0 Å². The van der Waals surface area contributed by atoms with Crippen molar-refractivity contribution in [3.8, 4) is 0 Å². The monoisotopic (exact) mass is 395 g/mol. The fourth-order valence-corrected chi connectivity index (χ4v) is 3.71. The van der Waals surface area contributed by atoms with Crippen molar-refractivity contribution in [3.05, 3.63) is 33.5 Å². The molecule has 26 heavy (non-hydrogen) atoms. The summed E-state index contributed by atoms with van der Waals surface area (Å²) in [5.41, 5.74) is 0.493. The molecule has 0 aliphatic rings. The van der Waals surface area contributed by atoms with Gasteiger partial charge >= 0.3 is 5.97 Å². The van der Waals surface area contributed by atoms with Gasteiger partial charge in [-0.2, -0.15) is 0 Å². The number of aliphatic carboxylic acids is 1. The Bertz CT molecular complexity index is 756. The molecule has 1 unspecified atom stereocenters. The quantitative estimate of drug-likeness (QED) is 0.605. The maximum absolute atomic E-state index is 12.1. The Morgan fingerprint density at radius 2 is 1.96 bits per heavy atom. The molecule has 2 aromatic rings. The number of anilines is 1. The van der Waals surface area contributed by atoms with E-state index >= 15 is 0 Å². The van der Waals surface area contributed by atoms with E-state index in [1.807, 2.05) is 31.4 Å². The summed E-state index contributed by atoms with van der Waals surface area (Å²) in [4.78, 5) is 40.4. The summed E-state index contributed by atoms with van der Waals surface area (Å²) in [7, 11) is 0. The minimum Gasteiger partial charge on any atom is -0.480 e. The van der Waals surface area contributed by atoms with Crippen LogP contribution < -0.4 is 10.6 Å². The van der Waals surface area contributed by atoms with Gasteiger partial charge in [-0.15, -0.1) is 22.7 Å². The predicted molar refractivity (Wildman–Crippen MR) is 101 cm³/mol. The van der Waals surface area contributed by atoms with E-state index in [9.17, 15) is 19.5 Å². The predicted octanol–water partition coefficient (Wildman–Crippen LogP) is 2.54. The van der Waals surface area contributed by atoms with Gasteiger partial charge in [0.1, 0.15) is 6.04 Å². The van der Waals surface area contributed by atoms with Gasteiger partial charge in [-0.05, 0) is 23.8 Å². The van der Waals surface area contributed by atoms with Crippen molar-refractivity contribution in [3.63, 3.8) is 0 Å². The molecule has 0 fully saturated rings. The highest BCUT2D eigenvalue weighted by molar-refractivity contribution is 7.14. The molecule has 0 aliphatic carbocycles. The summed E-state index contributed by atoms with van der Waals surface area (Å²) in [6.45, 7) is 3.79. The van der Waals surface area contributed by atoms with Gasteiger partial charge in [0.25, 0.3) is 0 Å². The van der Waals surface area contributed by atoms with Gasteiger partial charge in [-0.1, -0.05) is 19.9 Å². The first-order valence-corrected chi connectivity index (χ1v) is 9.88. The normalized spacial score (nSPS) is 12.0. The minimum absolute atomic E-state index is 0.0286. The maximum atomic E-state index is 12.1. The van der Waals surface area contributed by atoms with E-state index in [4.69, 9.17) is 0 Å². The number of hydrogen-bond acceptors (Lipinski definition) is 6. The Hall–Kier alpha value is -2.26. The molecule has 2 amide bonds. The third-order valence-corrected chi connectivity index (χ3v) is 5.08. The molecule has 0 bridgehead atoms. The van der Waals surface area contributed by atoms with E-state index in [1.54, 1.807) is 5.38 Å². The molecule has 1 atom stereocenters. The number of hydrogen-bond donors (Lipinski definition) is 3. The third-order valence-electron chi connectivity index (χ3n) is 3.40. The number of carboxylic acid groups (broad SMARTS) is 1. The fourth-order valence-electron chi connectivity index (χ4n) is 2.28. The van der Waals surface area contributed by atoms with Crippen LogP contribution in [0.1, 0.15) is 30.8 Å². The van der Waals surface area contributed by atoms with Crippen LogP contribution in [0.25, 0.3) is 0 Å². The van der Waals surface area contributed by atoms with Crippen LogP contribution >= 0.6 is 22.7 Å². The average Bonchev–Trinajstić information content (AvgIpc) is 3.18. The summed E-state index contributed by atoms with van der Waals surface area (Å²) < 4.78 is 0. The van der Waals surface area contributed by atoms with Crippen molar-refractivity contribution in [2.75, 3.05) is 5.32 Å².